The van der Waals surface area contributed by atoms with E-state index in [2.05, 4.69) is 22.0 Å². The maximum atomic E-state index is 12.2. The molecule has 0 radical (unpaired) electrons. The zero-order valence-corrected chi connectivity index (χ0v) is 16.4. The summed E-state index contributed by atoms with van der Waals surface area (Å²) in [6.07, 6.45) is 1.73. The van der Waals surface area contributed by atoms with Crippen LogP contribution in [0.25, 0.3) is 11.6 Å². The summed E-state index contributed by atoms with van der Waals surface area (Å²) in [5.41, 5.74) is 2.07. The molecule has 0 saturated carbocycles. The highest BCUT2D eigenvalue weighted by atomic mass is 79.9. The third-order valence-corrected chi connectivity index (χ3v) is 5.49. The van der Waals surface area contributed by atoms with Crippen LogP contribution in [0, 0.1) is 11.3 Å². The molecule has 4 nitrogen and oxygen atoms in total. The monoisotopic (exact) mass is 439 g/mol. The summed E-state index contributed by atoms with van der Waals surface area (Å²) >= 11 is 3.37. The quantitative estimate of drug-likeness (QED) is 0.308. The maximum absolute atomic E-state index is 12.2. The number of allylic oxidation sites excluding steroid dienone is 1. The summed E-state index contributed by atoms with van der Waals surface area (Å²) < 4.78 is 30.6. The molecule has 0 bridgehead atoms. The van der Waals surface area contributed by atoms with Gasteiger partial charge in [0.25, 0.3) is 0 Å². The highest BCUT2D eigenvalue weighted by Crippen LogP contribution is 2.23. The first-order chi connectivity index (χ1) is 13.0. The number of hydrogen-bond donors (Lipinski definition) is 0. The molecule has 0 heterocycles. The van der Waals surface area contributed by atoms with Crippen molar-refractivity contribution in [3.05, 3.63) is 94.5 Å². The van der Waals surface area contributed by atoms with Crippen molar-refractivity contribution in [1.82, 2.24) is 0 Å². The molecular weight excluding hydrogens is 426 g/mol. The summed E-state index contributed by atoms with van der Waals surface area (Å²) in [6, 6.07) is 24.1. The number of nitriles is 1. The van der Waals surface area contributed by atoms with Crippen LogP contribution in [0.4, 0.5) is 0 Å². The predicted molar refractivity (Wildman–Crippen MR) is 108 cm³/mol. The summed E-state index contributed by atoms with van der Waals surface area (Å²) in [5.74, 6) is 0.207. The standard InChI is InChI=1S/C21H14BrNO3S/c22-19-10-8-17(9-11-19)18(15-23)14-16-6-12-20(13-7-16)26-27(24,25)21-4-2-1-3-5-21/h1-14H/b18-14+. The second kappa shape index (κ2) is 8.21. The van der Waals surface area contributed by atoms with E-state index in [1.54, 1.807) is 48.5 Å². The second-order valence-corrected chi connectivity index (χ2v) is 8.06. The Hall–Kier alpha value is -2.88. The molecule has 0 saturated heterocycles. The van der Waals surface area contributed by atoms with Crippen LogP contribution in [0.2, 0.25) is 0 Å². The van der Waals surface area contributed by atoms with Crippen molar-refractivity contribution < 1.29 is 12.6 Å². The third kappa shape index (κ3) is 4.85. The summed E-state index contributed by atoms with van der Waals surface area (Å²) in [5, 5.41) is 9.41. The normalized spacial score (nSPS) is 11.6. The fourth-order valence-corrected chi connectivity index (χ4v) is 3.57. The van der Waals surface area contributed by atoms with E-state index in [1.807, 2.05) is 24.3 Å². The minimum atomic E-state index is -3.87. The van der Waals surface area contributed by atoms with Gasteiger partial charge in [-0.05, 0) is 53.6 Å². The molecule has 0 aromatic heterocycles. The van der Waals surface area contributed by atoms with Gasteiger partial charge in [-0.3, -0.25) is 0 Å². The second-order valence-electron chi connectivity index (χ2n) is 5.60. The summed E-state index contributed by atoms with van der Waals surface area (Å²) in [6.45, 7) is 0. The van der Waals surface area contributed by atoms with Gasteiger partial charge in [0.2, 0.25) is 0 Å². The van der Waals surface area contributed by atoms with Crippen LogP contribution in [0.3, 0.4) is 0 Å². The number of hydrogen-bond acceptors (Lipinski definition) is 4. The molecule has 3 aromatic rings. The van der Waals surface area contributed by atoms with E-state index < -0.39 is 10.1 Å². The Morgan fingerprint density at radius 1 is 0.926 bits per heavy atom. The van der Waals surface area contributed by atoms with Gasteiger partial charge in [0.15, 0.2) is 0 Å². The van der Waals surface area contributed by atoms with Crippen LogP contribution in [0.5, 0.6) is 5.75 Å². The van der Waals surface area contributed by atoms with Crippen molar-refractivity contribution in [2.45, 2.75) is 4.90 Å². The number of benzene rings is 3. The Morgan fingerprint density at radius 2 is 1.56 bits per heavy atom. The average Bonchev–Trinajstić information content (AvgIpc) is 2.69. The molecule has 3 aromatic carbocycles. The van der Waals surface area contributed by atoms with E-state index in [-0.39, 0.29) is 10.6 Å². The first-order valence-corrected chi connectivity index (χ1v) is 10.2. The molecule has 0 atom stereocenters. The van der Waals surface area contributed by atoms with Crippen molar-refractivity contribution in [2.24, 2.45) is 0 Å². The molecule has 6 heteroatoms. The van der Waals surface area contributed by atoms with Crippen LogP contribution in [0.1, 0.15) is 11.1 Å². The number of halogens is 1. The molecule has 0 aliphatic rings. The fraction of sp³-hybridized carbons (Fsp3) is 0. The van der Waals surface area contributed by atoms with Gasteiger partial charge in [-0.25, -0.2) is 0 Å². The van der Waals surface area contributed by atoms with Gasteiger partial charge in [0.1, 0.15) is 10.6 Å². The first-order valence-electron chi connectivity index (χ1n) is 7.95. The summed E-state index contributed by atoms with van der Waals surface area (Å²) in [4.78, 5) is 0.0935. The number of rotatable bonds is 5. The maximum Gasteiger partial charge on any atom is 0.339 e. The van der Waals surface area contributed by atoms with E-state index in [1.165, 1.54) is 12.1 Å². The molecule has 0 unspecified atom stereocenters. The van der Waals surface area contributed by atoms with Crippen molar-refractivity contribution in [2.75, 3.05) is 0 Å². The highest BCUT2D eigenvalue weighted by Gasteiger charge is 2.15. The topological polar surface area (TPSA) is 67.2 Å². The van der Waals surface area contributed by atoms with Crippen molar-refractivity contribution in [3.63, 3.8) is 0 Å². The average molecular weight is 440 g/mol. The smallest absolute Gasteiger partial charge is 0.339 e. The Bertz CT molecular complexity index is 1100. The van der Waals surface area contributed by atoms with Crippen molar-refractivity contribution in [3.8, 4) is 11.8 Å². The zero-order valence-electron chi connectivity index (χ0n) is 14.0. The lowest BCUT2D eigenvalue weighted by atomic mass is 10.0. The van der Waals surface area contributed by atoms with E-state index in [0.29, 0.717) is 5.57 Å². The fourth-order valence-electron chi connectivity index (χ4n) is 2.36. The molecule has 0 spiro atoms. The van der Waals surface area contributed by atoms with Crippen molar-refractivity contribution in [1.29, 1.82) is 5.26 Å². The highest BCUT2D eigenvalue weighted by molar-refractivity contribution is 9.10. The van der Waals surface area contributed by atoms with Gasteiger partial charge < -0.3 is 4.18 Å². The SMILES string of the molecule is N#C/C(=C\c1ccc(OS(=O)(=O)c2ccccc2)cc1)c1ccc(Br)cc1. The molecule has 134 valence electrons. The molecule has 0 amide bonds. The number of nitrogens with zero attached hydrogens (tertiary/aromatic N) is 1. The molecule has 3 rings (SSSR count). The van der Waals surface area contributed by atoms with E-state index in [9.17, 15) is 13.7 Å². The molecular formula is C21H14BrNO3S. The lowest BCUT2D eigenvalue weighted by molar-refractivity contribution is 0.486. The van der Waals surface area contributed by atoms with Gasteiger partial charge in [0, 0.05) is 4.47 Å². The lowest BCUT2D eigenvalue weighted by Crippen LogP contribution is -2.09. The minimum absolute atomic E-state index is 0.0935. The van der Waals surface area contributed by atoms with Crippen molar-refractivity contribution >= 4 is 37.7 Å². The molecule has 0 fully saturated rings. The van der Waals surface area contributed by atoms with Gasteiger partial charge >= 0.3 is 10.1 Å². The first kappa shape index (κ1) is 18.9. The largest absolute Gasteiger partial charge is 0.379 e. The molecule has 0 aliphatic heterocycles. The van der Waals surface area contributed by atoms with Gasteiger partial charge in [0.05, 0.1) is 11.6 Å². The van der Waals surface area contributed by atoms with Crippen LogP contribution >= 0.6 is 15.9 Å². The van der Waals surface area contributed by atoms with Gasteiger partial charge in [-0.15, -0.1) is 0 Å². The Balaban J connectivity index is 1.81. The van der Waals surface area contributed by atoms with Crippen LogP contribution in [-0.4, -0.2) is 8.42 Å². The Morgan fingerprint density at radius 3 is 2.15 bits per heavy atom. The molecule has 0 aliphatic carbocycles. The van der Waals surface area contributed by atoms with Gasteiger partial charge in [-0.2, -0.15) is 13.7 Å². The predicted octanol–water partition coefficient (Wildman–Crippen LogP) is 5.28. The molecule has 27 heavy (non-hydrogen) atoms. The lowest BCUT2D eigenvalue weighted by Gasteiger charge is -2.07. The Kier molecular flexibility index (Phi) is 5.75. The van der Waals surface area contributed by atoms with Crippen LogP contribution < -0.4 is 4.18 Å². The third-order valence-electron chi connectivity index (χ3n) is 3.70. The van der Waals surface area contributed by atoms with E-state index in [4.69, 9.17) is 4.18 Å². The van der Waals surface area contributed by atoms with Crippen LogP contribution in [-0.2, 0) is 10.1 Å². The summed E-state index contributed by atoms with van der Waals surface area (Å²) in [7, 11) is -3.87. The Labute approximate surface area is 166 Å². The van der Waals surface area contributed by atoms with E-state index >= 15 is 0 Å². The minimum Gasteiger partial charge on any atom is -0.379 e. The zero-order chi connectivity index (χ0) is 19.3. The molecule has 0 N–H and O–H groups in total. The van der Waals surface area contributed by atoms with E-state index in [0.717, 1.165) is 15.6 Å². The van der Waals surface area contributed by atoms with Crippen LogP contribution in [0.15, 0.2) is 88.2 Å². The van der Waals surface area contributed by atoms with Gasteiger partial charge in [-0.1, -0.05) is 58.4 Å².